The van der Waals surface area contributed by atoms with Crippen LogP contribution in [-0.4, -0.2) is 33.6 Å². The second kappa shape index (κ2) is 7.24. The predicted octanol–water partition coefficient (Wildman–Crippen LogP) is 3.50. The Hall–Kier alpha value is -2.20. The number of carbonyl (C=O) groups is 1. The van der Waals surface area contributed by atoms with E-state index in [2.05, 4.69) is 10.4 Å². The summed E-state index contributed by atoms with van der Waals surface area (Å²) in [5.74, 6) is -4.45. The summed E-state index contributed by atoms with van der Waals surface area (Å²) in [6.45, 7) is 4.36. The van der Waals surface area contributed by atoms with Crippen LogP contribution in [0.3, 0.4) is 0 Å². The van der Waals surface area contributed by atoms with Gasteiger partial charge >= 0.3 is 0 Å². The minimum atomic E-state index is -1.60. The van der Waals surface area contributed by atoms with Gasteiger partial charge in [0.25, 0.3) is 5.56 Å². The molecule has 156 valence electrons. The number of nitrogens with one attached hydrogen (secondary N) is 2. The van der Waals surface area contributed by atoms with Gasteiger partial charge in [0.15, 0.2) is 17.5 Å². The monoisotopic (exact) mass is 427 g/mol. The van der Waals surface area contributed by atoms with Gasteiger partial charge in [-0.25, -0.2) is 13.2 Å². The van der Waals surface area contributed by atoms with Gasteiger partial charge in [-0.05, 0) is 32.8 Å². The van der Waals surface area contributed by atoms with Crippen LogP contribution < -0.4 is 10.9 Å². The molecular formula is C19H20F3N3O3S. The van der Waals surface area contributed by atoms with E-state index in [1.807, 2.05) is 13.8 Å². The van der Waals surface area contributed by atoms with Crippen LogP contribution >= 0.6 is 11.8 Å². The number of amides is 1. The second-order valence-corrected chi connectivity index (χ2v) is 8.93. The first-order valence-electron chi connectivity index (χ1n) is 9.21. The molecular weight excluding hydrogens is 407 g/mol. The summed E-state index contributed by atoms with van der Waals surface area (Å²) < 4.78 is 49.0. The van der Waals surface area contributed by atoms with Gasteiger partial charge in [0.1, 0.15) is 5.82 Å². The van der Waals surface area contributed by atoms with Crippen LogP contribution in [-0.2, 0) is 9.53 Å². The van der Waals surface area contributed by atoms with E-state index in [1.54, 1.807) is 4.68 Å². The molecule has 0 aliphatic carbocycles. The summed E-state index contributed by atoms with van der Waals surface area (Å²) in [6.07, 6.45) is 1.21. The summed E-state index contributed by atoms with van der Waals surface area (Å²) in [7, 11) is 0. The number of ether oxygens (including phenoxy) is 1. The van der Waals surface area contributed by atoms with Crippen molar-refractivity contribution in [3.63, 3.8) is 0 Å². The van der Waals surface area contributed by atoms with Crippen LogP contribution in [0.2, 0.25) is 0 Å². The fourth-order valence-electron chi connectivity index (χ4n) is 3.93. The van der Waals surface area contributed by atoms with Crippen molar-refractivity contribution in [3.05, 3.63) is 51.1 Å². The third kappa shape index (κ3) is 3.59. The van der Waals surface area contributed by atoms with Crippen LogP contribution in [0.25, 0.3) is 0 Å². The lowest BCUT2D eigenvalue weighted by atomic mass is 9.94. The normalized spacial score (nSPS) is 24.0. The predicted molar refractivity (Wildman–Crippen MR) is 103 cm³/mol. The van der Waals surface area contributed by atoms with Gasteiger partial charge in [-0.15, -0.1) is 11.8 Å². The minimum Gasteiger partial charge on any atom is -0.375 e. The zero-order valence-corrected chi connectivity index (χ0v) is 16.7. The molecule has 2 aliphatic rings. The van der Waals surface area contributed by atoms with Crippen LogP contribution in [0.4, 0.5) is 19.0 Å². The third-order valence-corrected chi connectivity index (χ3v) is 6.50. The van der Waals surface area contributed by atoms with E-state index in [9.17, 15) is 22.8 Å². The maximum Gasteiger partial charge on any atom is 0.270 e. The maximum absolute atomic E-state index is 14.5. The summed E-state index contributed by atoms with van der Waals surface area (Å²) in [6, 6.07) is 1.79. The molecule has 6 nitrogen and oxygen atoms in total. The Morgan fingerprint density at radius 2 is 1.97 bits per heavy atom. The summed E-state index contributed by atoms with van der Waals surface area (Å²) in [5.41, 5.74) is -0.975. The number of benzene rings is 1. The number of aromatic nitrogens is 2. The van der Waals surface area contributed by atoms with Gasteiger partial charge in [0.2, 0.25) is 5.91 Å². The number of fused-ring (bicyclic) bond motifs is 1. The van der Waals surface area contributed by atoms with Crippen molar-refractivity contribution < 1.29 is 22.7 Å². The number of aromatic amines is 1. The number of hydrogen-bond acceptors (Lipinski definition) is 4. The largest absolute Gasteiger partial charge is 0.375 e. The van der Waals surface area contributed by atoms with Crippen LogP contribution in [0, 0.1) is 17.5 Å². The molecule has 0 radical (unpaired) electrons. The lowest BCUT2D eigenvalue weighted by molar-refractivity contribution is -0.113. The molecule has 3 heterocycles. The molecule has 2 atom stereocenters. The Balaban J connectivity index is 1.84. The van der Waals surface area contributed by atoms with Gasteiger partial charge in [0, 0.05) is 12.2 Å². The Kier molecular flexibility index (Phi) is 5.02. The highest BCUT2D eigenvalue weighted by atomic mass is 32.2. The molecule has 1 aromatic heterocycles. The minimum absolute atomic E-state index is 0.0590. The van der Waals surface area contributed by atoms with Gasteiger partial charge in [-0.1, -0.05) is 6.07 Å². The van der Waals surface area contributed by atoms with E-state index < -0.39 is 33.9 Å². The molecule has 4 rings (SSSR count). The lowest BCUT2D eigenvalue weighted by Crippen LogP contribution is -2.36. The summed E-state index contributed by atoms with van der Waals surface area (Å²) in [5, 5.41) is 4.50. The zero-order valence-electron chi connectivity index (χ0n) is 15.9. The van der Waals surface area contributed by atoms with Crippen LogP contribution in [0.1, 0.15) is 49.1 Å². The molecule has 1 aromatic carbocycles. The van der Waals surface area contributed by atoms with Crippen molar-refractivity contribution in [1.82, 2.24) is 9.78 Å². The number of halogens is 3. The Morgan fingerprint density at radius 3 is 2.69 bits per heavy atom. The fourth-order valence-corrected chi connectivity index (χ4v) is 5.06. The summed E-state index contributed by atoms with van der Waals surface area (Å²) in [4.78, 5) is 25.1. The molecule has 2 N–H and O–H groups in total. The van der Waals surface area contributed by atoms with Crippen molar-refractivity contribution in [3.8, 4) is 0 Å². The molecule has 29 heavy (non-hydrogen) atoms. The fraction of sp³-hybridized carbons (Fsp3) is 0.474. The topological polar surface area (TPSA) is 76.1 Å². The highest BCUT2D eigenvalue weighted by Gasteiger charge is 2.37. The first kappa shape index (κ1) is 20.1. The van der Waals surface area contributed by atoms with Crippen molar-refractivity contribution in [2.24, 2.45) is 0 Å². The second-order valence-electron chi connectivity index (χ2n) is 7.83. The molecule has 1 saturated heterocycles. The van der Waals surface area contributed by atoms with E-state index in [0.29, 0.717) is 19.4 Å². The standard InChI is InChI=1S/C19H20F3N3O3S/c1-19(2)7-9(5-6-28-19)25-17-13(18(27)24-25)16(29-8-12(26)23-17)10-3-4-11(20)15(22)14(10)21/h3-4,9,16H,5-8H2,1-2H3,(H,23,26)(H,24,27)/t9-,16+/m0/s1. The molecule has 0 bridgehead atoms. The van der Waals surface area contributed by atoms with Gasteiger partial charge in [-0.2, -0.15) is 0 Å². The van der Waals surface area contributed by atoms with E-state index in [4.69, 9.17) is 4.74 Å². The highest BCUT2D eigenvalue weighted by molar-refractivity contribution is 8.00. The molecule has 2 aliphatic heterocycles. The van der Waals surface area contributed by atoms with Crippen molar-refractivity contribution >= 4 is 23.5 Å². The third-order valence-electron chi connectivity index (χ3n) is 5.25. The van der Waals surface area contributed by atoms with E-state index in [1.165, 1.54) is 0 Å². The van der Waals surface area contributed by atoms with E-state index in [-0.39, 0.29) is 34.6 Å². The summed E-state index contributed by atoms with van der Waals surface area (Å²) >= 11 is 0.991. The van der Waals surface area contributed by atoms with Crippen molar-refractivity contribution in [1.29, 1.82) is 0 Å². The number of H-pyrrole nitrogens is 1. The van der Waals surface area contributed by atoms with Crippen molar-refractivity contribution in [2.45, 2.75) is 43.6 Å². The molecule has 0 saturated carbocycles. The Labute approximate surface area is 168 Å². The molecule has 0 spiro atoms. The van der Waals surface area contributed by atoms with E-state index >= 15 is 0 Å². The number of anilines is 1. The van der Waals surface area contributed by atoms with Gasteiger partial charge in [-0.3, -0.25) is 19.4 Å². The number of hydrogen-bond donors (Lipinski definition) is 2. The van der Waals surface area contributed by atoms with E-state index in [0.717, 1.165) is 23.9 Å². The maximum atomic E-state index is 14.5. The Morgan fingerprint density at radius 1 is 1.21 bits per heavy atom. The number of thioether (sulfide) groups is 1. The highest BCUT2D eigenvalue weighted by Crippen LogP contribution is 2.43. The number of carbonyl (C=O) groups excluding carboxylic acids is 1. The van der Waals surface area contributed by atoms with Crippen LogP contribution in [0.5, 0.6) is 0 Å². The van der Waals surface area contributed by atoms with Gasteiger partial charge < -0.3 is 10.1 Å². The first-order chi connectivity index (χ1) is 13.7. The average molecular weight is 427 g/mol. The lowest BCUT2D eigenvalue weighted by Gasteiger charge is -2.36. The van der Waals surface area contributed by atoms with Gasteiger partial charge in [0.05, 0.1) is 28.2 Å². The zero-order chi connectivity index (χ0) is 20.9. The number of rotatable bonds is 2. The molecule has 10 heteroatoms. The molecule has 0 unspecified atom stereocenters. The number of nitrogens with zero attached hydrogens (tertiary/aromatic N) is 1. The first-order valence-corrected chi connectivity index (χ1v) is 10.3. The SMILES string of the molecule is CC1(C)C[C@@H](n2[nH]c(=O)c3c2NC(=O)CS[C@@H]3c2ccc(F)c(F)c2F)CCO1. The smallest absolute Gasteiger partial charge is 0.270 e. The van der Waals surface area contributed by atoms with Crippen LogP contribution in [0.15, 0.2) is 16.9 Å². The quantitative estimate of drug-likeness (QED) is 0.720. The molecule has 2 aromatic rings. The average Bonchev–Trinajstić information content (AvgIpc) is 2.86. The molecule has 1 fully saturated rings. The Bertz CT molecular complexity index is 1030. The molecule has 1 amide bonds. The van der Waals surface area contributed by atoms with Crippen molar-refractivity contribution in [2.75, 3.05) is 17.7 Å².